The second-order valence-corrected chi connectivity index (χ2v) is 7.83. The molecule has 0 saturated heterocycles. The average molecular weight is 433 g/mol. The van der Waals surface area contributed by atoms with E-state index in [-0.39, 0.29) is 0 Å². The second-order valence-electron chi connectivity index (χ2n) is 6.96. The predicted molar refractivity (Wildman–Crippen MR) is 127 cm³/mol. The molecule has 0 saturated carbocycles. The summed E-state index contributed by atoms with van der Waals surface area (Å²) in [6, 6.07) is 13.6. The van der Waals surface area contributed by atoms with Gasteiger partial charge in [0.25, 0.3) is 0 Å². The minimum absolute atomic E-state index is 0.394. The Kier molecular flexibility index (Phi) is 5.84. The monoisotopic (exact) mass is 432 g/mol. The van der Waals surface area contributed by atoms with Gasteiger partial charge in [0, 0.05) is 15.6 Å². The van der Waals surface area contributed by atoms with Gasteiger partial charge in [0.05, 0.1) is 11.4 Å². The number of H-pyrrole nitrogens is 1. The zero-order chi connectivity index (χ0) is 21.1. The van der Waals surface area contributed by atoms with Crippen LogP contribution in [0.2, 0.25) is 10.0 Å². The van der Waals surface area contributed by atoms with Crippen molar-refractivity contribution in [3.63, 3.8) is 0 Å². The fraction of sp³-hybridized carbons (Fsp3) is 0.0400. The van der Waals surface area contributed by atoms with Crippen LogP contribution in [0.15, 0.2) is 78.1 Å². The van der Waals surface area contributed by atoms with E-state index in [0.29, 0.717) is 27.9 Å². The van der Waals surface area contributed by atoms with Gasteiger partial charge in [0.1, 0.15) is 0 Å². The number of nitrogens with zero attached hydrogens (tertiary/aromatic N) is 1. The van der Waals surface area contributed by atoms with Crippen molar-refractivity contribution in [1.29, 1.82) is 0 Å². The second kappa shape index (κ2) is 8.70. The lowest BCUT2D eigenvalue weighted by atomic mass is 9.96. The molecular formula is C25H18Cl2N2O. The molecule has 1 aliphatic carbocycles. The molecular weight excluding hydrogens is 415 g/mol. The number of nitrogens with one attached hydrogen (secondary N) is 1. The summed E-state index contributed by atoms with van der Waals surface area (Å²) in [4.78, 5) is 19.1. The number of allylic oxidation sites excluding steroid dienone is 5. The molecule has 0 fully saturated rings. The van der Waals surface area contributed by atoms with Crippen LogP contribution in [0.3, 0.4) is 0 Å². The molecule has 30 heavy (non-hydrogen) atoms. The third-order valence-electron chi connectivity index (χ3n) is 4.73. The third kappa shape index (κ3) is 4.54. The zero-order valence-electron chi connectivity index (χ0n) is 16.0. The first-order valence-corrected chi connectivity index (χ1v) is 10.1. The lowest BCUT2D eigenvalue weighted by Gasteiger charge is -2.12. The zero-order valence-corrected chi connectivity index (χ0v) is 17.5. The Morgan fingerprint density at radius 1 is 0.933 bits per heavy atom. The normalized spacial score (nSPS) is 12.3. The van der Waals surface area contributed by atoms with Crippen molar-refractivity contribution < 1.29 is 0 Å². The fourth-order valence-electron chi connectivity index (χ4n) is 3.41. The van der Waals surface area contributed by atoms with Crippen LogP contribution in [0.5, 0.6) is 0 Å². The summed E-state index contributed by atoms with van der Waals surface area (Å²) < 4.78 is 0. The number of benzene rings is 2. The number of aromatic amines is 1. The van der Waals surface area contributed by atoms with Crippen LogP contribution in [-0.2, 0) is 6.42 Å². The highest BCUT2D eigenvalue weighted by Crippen LogP contribution is 2.29. The Morgan fingerprint density at radius 3 is 2.43 bits per heavy atom. The number of fused-ring (bicyclic) bond motifs is 1. The SMILES string of the molecule is C=C(Cc1cccc(-c2cc(Cl)cc(Cl)c2)c1)c1nc(=O)[nH]c2c1C=CC=CC=C2. The van der Waals surface area contributed by atoms with E-state index in [4.69, 9.17) is 23.2 Å². The van der Waals surface area contributed by atoms with Gasteiger partial charge in [0.15, 0.2) is 0 Å². The molecule has 0 radical (unpaired) electrons. The van der Waals surface area contributed by atoms with Crippen molar-refractivity contribution in [2.45, 2.75) is 6.42 Å². The molecule has 3 nitrogen and oxygen atoms in total. The lowest BCUT2D eigenvalue weighted by Crippen LogP contribution is -2.16. The summed E-state index contributed by atoms with van der Waals surface area (Å²) in [6.45, 7) is 4.22. The van der Waals surface area contributed by atoms with E-state index in [9.17, 15) is 4.79 Å². The van der Waals surface area contributed by atoms with Crippen molar-refractivity contribution in [1.82, 2.24) is 9.97 Å². The van der Waals surface area contributed by atoms with Gasteiger partial charge >= 0.3 is 5.69 Å². The minimum atomic E-state index is -0.394. The van der Waals surface area contributed by atoms with Gasteiger partial charge in [0.2, 0.25) is 0 Å². The maximum Gasteiger partial charge on any atom is 0.345 e. The standard InChI is InChI=1S/C25H18Cl2N2O/c1-16(24-22-9-4-2-3-5-10-23(22)28-25(30)29-24)11-17-7-6-8-18(12-17)19-13-20(26)15-21(27)14-19/h2-10,12-15H,1,11H2,(H,28,29,30). The Labute approximate surface area is 184 Å². The summed E-state index contributed by atoms with van der Waals surface area (Å²) in [5.74, 6) is 0. The molecule has 0 bridgehead atoms. The summed E-state index contributed by atoms with van der Waals surface area (Å²) in [5, 5.41) is 1.18. The fourth-order valence-corrected chi connectivity index (χ4v) is 3.94. The highest BCUT2D eigenvalue weighted by Gasteiger charge is 2.13. The first-order valence-electron chi connectivity index (χ1n) is 9.39. The molecule has 0 aliphatic heterocycles. The molecule has 1 aromatic heterocycles. The van der Waals surface area contributed by atoms with Gasteiger partial charge in [-0.15, -0.1) is 0 Å². The number of aromatic nitrogens is 2. The molecule has 1 heterocycles. The van der Waals surface area contributed by atoms with Crippen LogP contribution in [0.25, 0.3) is 28.9 Å². The molecule has 1 N–H and O–H groups in total. The van der Waals surface area contributed by atoms with Gasteiger partial charge in [-0.2, -0.15) is 4.98 Å². The van der Waals surface area contributed by atoms with E-state index in [1.807, 2.05) is 66.8 Å². The molecule has 3 aromatic rings. The van der Waals surface area contributed by atoms with Crippen LogP contribution in [0.1, 0.15) is 22.5 Å². The Hall–Kier alpha value is -3.14. The first-order chi connectivity index (χ1) is 14.5. The molecule has 0 spiro atoms. The molecule has 1 aliphatic rings. The van der Waals surface area contributed by atoms with Gasteiger partial charge in [-0.1, -0.05) is 84.4 Å². The lowest BCUT2D eigenvalue weighted by molar-refractivity contribution is 1.03. The molecule has 0 unspecified atom stereocenters. The number of hydrogen-bond acceptors (Lipinski definition) is 2. The highest BCUT2D eigenvalue weighted by atomic mass is 35.5. The smallest absolute Gasteiger partial charge is 0.305 e. The van der Waals surface area contributed by atoms with Gasteiger partial charge < -0.3 is 4.98 Å². The van der Waals surface area contributed by atoms with E-state index >= 15 is 0 Å². The van der Waals surface area contributed by atoms with Gasteiger partial charge in [-0.25, -0.2) is 4.79 Å². The van der Waals surface area contributed by atoms with E-state index < -0.39 is 5.69 Å². The van der Waals surface area contributed by atoms with E-state index in [0.717, 1.165) is 27.8 Å². The average Bonchev–Trinajstić information content (AvgIpc) is 2.68. The van der Waals surface area contributed by atoms with Crippen LogP contribution in [0.4, 0.5) is 0 Å². The maximum atomic E-state index is 12.1. The summed E-state index contributed by atoms with van der Waals surface area (Å²) in [5.41, 5.74) is 5.53. The van der Waals surface area contributed by atoms with Crippen LogP contribution in [-0.4, -0.2) is 9.97 Å². The topological polar surface area (TPSA) is 45.8 Å². The highest BCUT2D eigenvalue weighted by molar-refractivity contribution is 6.35. The number of rotatable bonds is 4. The summed E-state index contributed by atoms with van der Waals surface area (Å²) in [7, 11) is 0. The van der Waals surface area contributed by atoms with Gasteiger partial charge in [-0.3, -0.25) is 0 Å². The van der Waals surface area contributed by atoms with Crippen molar-refractivity contribution >= 4 is 40.9 Å². The summed E-state index contributed by atoms with van der Waals surface area (Å²) in [6.07, 6.45) is 12.0. The minimum Gasteiger partial charge on any atom is -0.305 e. The van der Waals surface area contributed by atoms with Crippen LogP contribution >= 0.6 is 23.2 Å². The predicted octanol–water partition coefficient (Wildman–Crippen LogP) is 6.60. The van der Waals surface area contributed by atoms with Crippen LogP contribution in [0, 0.1) is 0 Å². The molecule has 148 valence electrons. The maximum absolute atomic E-state index is 12.1. The van der Waals surface area contributed by atoms with E-state index in [1.54, 1.807) is 6.07 Å². The van der Waals surface area contributed by atoms with E-state index in [2.05, 4.69) is 22.6 Å². The summed E-state index contributed by atoms with van der Waals surface area (Å²) >= 11 is 12.3. The third-order valence-corrected chi connectivity index (χ3v) is 5.17. The van der Waals surface area contributed by atoms with Crippen LogP contribution < -0.4 is 5.69 Å². The van der Waals surface area contributed by atoms with Crippen molar-refractivity contribution in [2.24, 2.45) is 0 Å². The molecule has 2 aromatic carbocycles. The first kappa shape index (κ1) is 20.1. The largest absolute Gasteiger partial charge is 0.345 e. The number of hydrogen-bond donors (Lipinski definition) is 1. The number of halogens is 2. The van der Waals surface area contributed by atoms with Crippen molar-refractivity contribution in [3.05, 3.63) is 116 Å². The Bertz CT molecular complexity index is 1260. The van der Waals surface area contributed by atoms with Gasteiger partial charge in [-0.05, 0) is 53.0 Å². The van der Waals surface area contributed by atoms with Crippen molar-refractivity contribution in [2.75, 3.05) is 0 Å². The van der Waals surface area contributed by atoms with E-state index in [1.165, 1.54) is 0 Å². The van der Waals surface area contributed by atoms with Crippen molar-refractivity contribution in [3.8, 4) is 11.1 Å². The molecule has 4 rings (SSSR count). The Balaban J connectivity index is 1.68. The molecule has 0 amide bonds. The molecule has 5 heteroatoms. The Morgan fingerprint density at radius 2 is 1.67 bits per heavy atom. The molecule has 0 atom stereocenters. The quantitative estimate of drug-likeness (QED) is 0.504.